The third-order valence-corrected chi connectivity index (χ3v) is 0.656. The highest BCUT2D eigenvalue weighted by atomic mass is 79.9. The molecule has 0 atom stereocenters. The summed E-state index contributed by atoms with van der Waals surface area (Å²) in [4.78, 5) is 0. The summed E-state index contributed by atoms with van der Waals surface area (Å²) in [6.07, 6.45) is 0. The van der Waals surface area contributed by atoms with E-state index in [4.69, 9.17) is 10.0 Å². The summed E-state index contributed by atoms with van der Waals surface area (Å²) in [6.45, 7) is 0. The van der Waals surface area contributed by atoms with Crippen molar-refractivity contribution in [2.75, 3.05) is 0 Å². The SMILES string of the molecule is OB(O)OC(Br)Br. The average molecular weight is 234 g/mol. The molecule has 0 aliphatic heterocycles. The van der Waals surface area contributed by atoms with Crippen molar-refractivity contribution in [3.05, 3.63) is 0 Å². The molecule has 0 spiro atoms. The second-order valence-electron chi connectivity index (χ2n) is 0.723. The minimum Gasteiger partial charge on any atom is -0.402 e. The Morgan fingerprint density at radius 2 is 1.86 bits per heavy atom. The van der Waals surface area contributed by atoms with E-state index in [1.165, 1.54) is 0 Å². The van der Waals surface area contributed by atoms with Gasteiger partial charge < -0.3 is 14.7 Å². The Kier molecular flexibility index (Phi) is 4.35. The predicted molar refractivity (Wildman–Crippen MR) is 32.9 cm³/mol. The molecule has 0 saturated heterocycles. The van der Waals surface area contributed by atoms with Gasteiger partial charge in [0.05, 0.1) is 0 Å². The number of alkyl halides is 2. The zero-order chi connectivity index (χ0) is 5.86. The largest absolute Gasteiger partial charge is 0.635 e. The van der Waals surface area contributed by atoms with Crippen LogP contribution in [0.4, 0.5) is 0 Å². The van der Waals surface area contributed by atoms with Crippen LogP contribution in [0.3, 0.4) is 0 Å². The topological polar surface area (TPSA) is 49.7 Å². The minimum atomic E-state index is -1.72. The van der Waals surface area contributed by atoms with Crippen LogP contribution >= 0.6 is 31.9 Å². The van der Waals surface area contributed by atoms with E-state index in [-0.39, 0.29) is 0 Å². The number of hydrogen-bond donors (Lipinski definition) is 2. The van der Waals surface area contributed by atoms with E-state index in [9.17, 15) is 0 Å². The highest BCUT2D eigenvalue weighted by molar-refractivity contribution is 9.24. The van der Waals surface area contributed by atoms with Crippen molar-refractivity contribution in [1.29, 1.82) is 0 Å². The summed E-state index contributed by atoms with van der Waals surface area (Å²) >= 11 is 5.70. The van der Waals surface area contributed by atoms with Crippen LogP contribution in [-0.4, -0.2) is 21.3 Å². The first-order valence-corrected chi connectivity index (χ1v) is 3.26. The third kappa shape index (κ3) is 6.90. The van der Waals surface area contributed by atoms with Crippen LogP contribution in [-0.2, 0) is 4.65 Å². The third-order valence-electron chi connectivity index (χ3n) is 0.225. The van der Waals surface area contributed by atoms with Gasteiger partial charge in [-0.3, -0.25) is 0 Å². The van der Waals surface area contributed by atoms with Crippen LogP contribution in [0.25, 0.3) is 0 Å². The lowest BCUT2D eigenvalue weighted by Crippen LogP contribution is -2.18. The van der Waals surface area contributed by atoms with Crippen molar-refractivity contribution in [1.82, 2.24) is 0 Å². The normalized spacial score (nSPS) is 9.86. The maximum Gasteiger partial charge on any atom is 0.635 e. The molecule has 0 heterocycles. The standard InChI is InChI=1S/CH3BBr2O3/c3-1(4)7-2(5)6/h1,5-6H. The maximum atomic E-state index is 8.00. The first-order valence-electron chi connectivity index (χ1n) is 1.42. The van der Waals surface area contributed by atoms with Gasteiger partial charge >= 0.3 is 7.32 Å². The second-order valence-corrected chi connectivity index (χ2v) is 3.62. The molecule has 0 aliphatic rings. The van der Waals surface area contributed by atoms with Gasteiger partial charge in [0, 0.05) is 0 Å². The number of rotatable bonds is 2. The molecular formula is CH3BBr2O3. The predicted octanol–water partition coefficient (Wildman–Crippen LogP) is 0.0459. The first kappa shape index (κ1) is 7.90. The molecule has 0 amide bonds. The zero-order valence-corrected chi connectivity index (χ0v) is 6.39. The van der Waals surface area contributed by atoms with Crippen LogP contribution in [0.2, 0.25) is 0 Å². The lowest BCUT2D eigenvalue weighted by molar-refractivity contribution is 0.212. The Morgan fingerprint density at radius 3 is 1.86 bits per heavy atom. The Hall–Kier alpha value is 0.905. The van der Waals surface area contributed by atoms with Gasteiger partial charge in [-0.1, -0.05) is 0 Å². The molecule has 0 aromatic rings. The van der Waals surface area contributed by atoms with Crippen molar-refractivity contribution < 1.29 is 14.7 Å². The van der Waals surface area contributed by atoms with Crippen LogP contribution < -0.4 is 0 Å². The molecule has 0 saturated carbocycles. The molecule has 3 nitrogen and oxygen atoms in total. The van der Waals surface area contributed by atoms with Gasteiger partial charge in [0.2, 0.25) is 0 Å². The van der Waals surface area contributed by atoms with E-state index in [2.05, 4.69) is 36.5 Å². The van der Waals surface area contributed by atoms with Gasteiger partial charge in [-0.15, -0.1) is 0 Å². The lowest BCUT2D eigenvalue weighted by atomic mass is 10.3. The van der Waals surface area contributed by atoms with Crippen LogP contribution in [0.1, 0.15) is 0 Å². The number of halogens is 2. The molecule has 7 heavy (non-hydrogen) atoms. The van der Waals surface area contributed by atoms with Crippen molar-refractivity contribution in [2.45, 2.75) is 3.92 Å². The van der Waals surface area contributed by atoms with Crippen molar-refractivity contribution in [3.63, 3.8) is 0 Å². The van der Waals surface area contributed by atoms with E-state index in [1.807, 2.05) is 0 Å². The van der Waals surface area contributed by atoms with Gasteiger partial charge in [-0.05, 0) is 31.9 Å². The van der Waals surface area contributed by atoms with Gasteiger partial charge in [0.15, 0.2) is 3.92 Å². The average Bonchev–Trinajstić information content (AvgIpc) is 1.27. The van der Waals surface area contributed by atoms with Gasteiger partial charge in [-0.2, -0.15) is 0 Å². The fourth-order valence-electron chi connectivity index (χ4n) is 0.0920. The molecule has 42 valence electrons. The molecule has 0 aliphatic carbocycles. The smallest absolute Gasteiger partial charge is 0.402 e. The Labute approximate surface area is 58.1 Å². The fraction of sp³-hybridized carbons (Fsp3) is 1.00. The Balaban J connectivity index is 2.95. The molecule has 2 N–H and O–H groups in total. The first-order chi connectivity index (χ1) is 3.13. The summed E-state index contributed by atoms with van der Waals surface area (Å²) in [7, 11) is -1.72. The van der Waals surface area contributed by atoms with Crippen molar-refractivity contribution in [3.8, 4) is 0 Å². The Bertz CT molecular complexity index is 42.2. The molecule has 0 unspecified atom stereocenters. The molecule has 0 aromatic carbocycles. The van der Waals surface area contributed by atoms with Crippen LogP contribution in [0.5, 0.6) is 0 Å². The molecule has 0 rings (SSSR count). The molecule has 0 radical (unpaired) electrons. The second kappa shape index (κ2) is 3.85. The van der Waals surface area contributed by atoms with Gasteiger partial charge in [0.1, 0.15) is 0 Å². The van der Waals surface area contributed by atoms with E-state index < -0.39 is 11.2 Å². The minimum absolute atomic E-state index is 0.500. The summed E-state index contributed by atoms with van der Waals surface area (Å²) in [5.41, 5.74) is 0. The molecule has 0 bridgehead atoms. The quantitative estimate of drug-likeness (QED) is 0.523. The van der Waals surface area contributed by atoms with E-state index in [1.54, 1.807) is 0 Å². The van der Waals surface area contributed by atoms with E-state index in [0.29, 0.717) is 0 Å². The van der Waals surface area contributed by atoms with E-state index >= 15 is 0 Å². The zero-order valence-electron chi connectivity index (χ0n) is 3.21. The summed E-state index contributed by atoms with van der Waals surface area (Å²) in [5.74, 6) is 0. The lowest BCUT2D eigenvalue weighted by Gasteiger charge is -1.99. The summed E-state index contributed by atoms with van der Waals surface area (Å²) in [5, 5.41) is 16.0. The monoisotopic (exact) mass is 232 g/mol. The summed E-state index contributed by atoms with van der Waals surface area (Å²) < 4.78 is 3.69. The van der Waals surface area contributed by atoms with Crippen LogP contribution in [0, 0.1) is 0 Å². The molecule has 0 aromatic heterocycles. The van der Waals surface area contributed by atoms with Crippen molar-refractivity contribution in [2.24, 2.45) is 0 Å². The Morgan fingerprint density at radius 1 is 1.43 bits per heavy atom. The highest BCUT2D eigenvalue weighted by Gasteiger charge is 2.11. The van der Waals surface area contributed by atoms with E-state index in [0.717, 1.165) is 0 Å². The molecule has 0 fully saturated rings. The number of hydrogen-bond acceptors (Lipinski definition) is 3. The highest BCUT2D eigenvalue weighted by Crippen LogP contribution is 2.08. The van der Waals surface area contributed by atoms with Gasteiger partial charge in [-0.25, -0.2) is 0 Å². The molecular weight excluding hydrogens is 231 g/mol. The fourth-order valence-corrected chi connectivity index (χ4v) is 0.478. The van der Waals surface area contributed by atoms with Crippen LogP contribution in [0.15, 0.2) is 0 Å². The van der Waals surface area contributed by atoms with Gasteiger partial charge in [0.25, 0.3) is 0 Å². The van der Waals surface area contributed by atoms with Crippen molar-refractivity contribution >= 4 is 39.2 Å². The molecule has 6 heteroatoms. The maximum absolute atomic E-state index is 8.00. The summed E-state index contributed by atoms with van der Waals surface area (Å²) in [6, 6.07) is 0.